The number of likely N-dealkylation sites (tertiary alicyclic amines) is 1. The van der Waals surface area contributed by atoms with Crippen molar-refractivity contribution in [2.75, 3.05) is 44.2 Å². The number of amides is 2. The second-order valence-corrected chi connectivity index (χ2v) is 8.63. The fourth-order valence-corrected chi connectivity index (χ4v) is 5.00. The standard InChI is InChI=1S/C20H29N5OS/c26-20(25-10-7-16(8-11-25)24-12-14-27-15-13-24)21-9-3-6-19-22-17-4-1-2-5-18(17)23-19/h1-2,4-5,16H,3,6-15H2,(H,21,26)(H,22,23). The molecule has 2 saturated heterocycles. The number of aromatic nitrogens is 2. The number of aryl methyl sites for hydroxylation is 1. The third-order valence-electron chi connectivity index (χ3n) is 5.62. The Morgan fingerprint density at radius 3 is 2.74 bits per heavy atom. The van der Waals surface area contributed by atoms with Gasteiger partial charge < -0.3 is 15.2 Å². The highest BCUT2D eigenvalue weighted by atomic mass is 32.2. The minimum Gasteiger partial charge on any atom is -0.342 e. The number of benzene rings is 1. The number of nitrogens with one attached hydrogen (secondary N) is 2. The van der Waals surface area contributed by atoms with Crippen molar-refractivity contribution in [2.45, 2.75) is 31.7 Å². The van der Waals surface area contributed by atoms with E-state index in [-0.39, 0.29) is 6.03 Å². The van der Waals surface area contributed by atoms with E-state index in [0.717, 1.165) is 55.6 Å². The molecule has 0 unspecified atom stereocenters. The fourth-order valence-electron chi connectivity index (χ4n) is 4.06. The van der Waals surface area contributed by atoms with E-state index in [1.165, 1.54) is 24.6 Å². The molecule has 2 fully saturated rings. The third kappa shape index (κ3) is 4.76. The summed E-state index contributed by atoms with van der Waals surface area (Å²) in [6, 6.07) is 8.83. The van der Waals surface area contributed by atoms with Crippen molar-refractivity contribution >= 4 is 28.8 Å². The SMILES string of the molecule is O=C(NCCCc1nc2ccccc2[nH]1)N1CCC(N2CCSCC2)CC1. The Kier molecular flexibility index (Phi) is 6.19. The summed E-state index contributed by atoms with van der Waals surface area (Å²) in [5, 5.41) is 3.08. The molecule has 0 spiro atoms. The molecule has 0 bridgehead atoms. The second-order valence-electron chi connectivity index (χ2n) is 7.40. The van der Waals surface area contributed by atoms with Crippen LogP contribution in [-0.2, 0) is 6.42 Å². The van der Waals surface area contributed by atoms with Crippen LogP contribution in [0.25, 0.3) is 11.0 Å². The van der Waals surface area contributed by atoms with Crippen LogP contribution in [-0.4, -0.2) is 76.1 Å². The summed E-state index contributed by atoms with van der Waals surface area (Å²) in [4.78, 5) is 24.9. The Balaban J connectivity index is 1.15. The zero-order valence-electron chi connectivity index (χ0n) is 15.8. The smallest absolute Gasteiger partial charge is 0.317 e. The number of fused-ring (bicyclic) bond motifs is 1. The number of carbonyl (C=O) groups excluding carboxylic acids is 1. The van der Waals surface area contributed by atoms with Gasteiger partial charge in [-0.05, 0) is 31.4 Å². The van der Waals surface area contributed by atoms with Crippen molar-refractivity contribution in [2.24, 2.45) is 0 Å². The lowest BCUT2D eigenvalue weighted by Gasteiger charge is -2.40. The number of imidazole rings is 1. The number of rotatable bonds is 5. The molecule has 0 aliphatic carbocycles. The maximum absolute atomic E-state index is 12.4. The average molecular weight is 388 g/mol. The molecule has 1 aromatic carbocycles. The average Bonchev–Trinajstić information content (AvgIpc) is 3.15. The van der Waals surface area contributed by atoms with Crippen LogP contribution in [0.2, 0.25) is 0 Å². The Labute approximate surface area is 165 Å². The lowest BCUT2D eigenvalue weighted by Crippen LogP contribution is -2.51. The summed E-state index contributed by atoms with van der Waals surface area (Å²) in [7, 11) is 0. The number of para-hydroxylation sites is 2. The monoisotopic (exact) mass is 387 g/mol. The Hall–Kier alpha value is -1.73. The first kappa shape index (κ1) is 18.6. The summed E-state index contributed by atoms with van der Waals surface area (Å²) < 4.78 is 0. The molecule has 146 valence electrons. The van der Waals surface area contributed by atoms with E-state index >= 15 is 0 Å². The first-order chi connectivity index (χ1) is 13.3. The van der Waals surface area contributed by atoms with Gasteiger partial charge in [0.25, 0.3) is 0 Å². The quantitative estimate of drug-likeness (QED) is 0.775. The topological polar surface area (TPSA) is 64.3 Å². The molecule has 0 atom stereocenters. The zero-order chi connectivity index (χ0) is 18.5. The molecular formula is C20H29N5OS. The highest BCUT2D eigenvalue weighted by Crippen LogP contribution is 2.20. The van der Waals surface area contributed by atoms with E-state index in [4.69, 9.17) is 0 Å². The molecule has 2 aliphatic rings. The second kappa shape index (κ2) is 8.97. The molecule has 0 radical (unpaired) electrons. The minimum absolute atomic E-state index is 0.0901. The van der Waals surface area contributed by atoms with Gasteiger partial charge >= 0.3 is 6.03 Å². The zero-order valence-corrected chi connectivity index (χ0v) is 16.6. The summed E-state index contributed by atoms with van der Waals surface area (Å²) >= 11 is 2.06. The van der Waals surface area contributed by atoms with Gasteiger partial charge in [-0.2, -0.15) is 11.8 Å². The van der Waals surface area contributed by atoms with Crippen molar-refractivity contribution < 1.29 is 4.79 Å². The van der Waals surface area contributed by atoms with Gasteiger partial charge in [0, 0.05) is 56.7 Å². The van der Waals surface area contributed by atoms with Crippen LogP contribution in [0.1, 0.15) is 25.1 Å². The normalized spacial score (nSPS) is 19.5. The largest absolute Gasteiger partial charge is 0.342 e. The molecule has 4 rings (SSSR count). The van der Waals surface area contributed by atoms with Crippen molar-refractivity contribution in [3.63, 3.8) is 0 Å². The highest BCUT2D eigenvalue weighted by molar-refractivity contribution is 7.99. The van der Waals surface area contributed by atoms with Crippen molar-refractivity contribution in [3.8, 4) is 0 Å². The Morgan fingerprint density at radius 1 is 1.19 bits per heavy atom. The number of H-pyrrole nitrogens is 1. The molecular weight excluding hydrogens is 358 g/mol. The van der Waals surface area contributed by atoms with E-state index < -0.39 is 0 Å². The molecule has 6 nitrogen and oxygen atoms in total. The molecule has 7 heteroatoms. The number of hydrogen-bond donors (Lipinski definition) is 2. The molecule has 2 N–H and O–H groups in total. The van der Waals surface area contributed by atoms with Gasteiger partial charge in [0.05, 0.1) is 11.0 Å². The van der Waals surface area contributed by atoms with Crippen LogP contribution < -0.4 is 5.32 Å². The number of piperidine rings is 1. The van der Waals surface area contributed by atoms with Crippen molar-refractivity contribution in [1.29, 1.82) is 0 Å². The van der Waals surface area contributed by atoms with E-state index in [9.17, 15) is 4.79 Å². The number of carbonyl (C=O) groups is 1. The number of urea groups is 1. The van der Waals surface area contributed by atoms with Gasteiger partial charge in [0.15, 0.2) is 0 Å². The van der Waals surface area contributed by atoms with Gasteiger partial charge in [0.1, 0.15) is 5.82 Å². The first-order valence-corrected chi connectivity index (χ1v) is 11.2. The van der Waals surface area contributed by atoms with Crippen molar-refractivity contribution in [1.82, 2.24) is 25.1 Å². The van der Waals surface area contributed by atoms with E-state index in [1.807, 2.05) is 29.2 Å². The van der Waals surface area contributed by atoms with Crippen molar-refractivity contribution in [3.05, 3.63) is 30.1 Å². The van der Waals surface area contributed by atoms with Gasteiger partial charge in [-0.25, -0.2) is 9.78 Å². The molecule has 0 saturated carbocycles. The van der Waals surface area contributed by atoms with E-state index in [2.05, 4.69) is 31.9 Å². The first-order valence-electron chi connectivity index (χ1n) is 10.1. The van der Waals surface area contributed by atoms with E-state index in [0.29, 0.717) is 12.6 Å². The van der Waals surface area contributed by atoms with E-state index in [1.54, 1.807) is 0 Å². The highest BCUT2D eigenvalue weighted by Gasteiger charge is 2.27. The summed E-state index contributed by atoms with van der Waals surface area (Å²) in [5.74, 6) is 3.50. The van der Waals surface area contributed by atoms with Crippen LogP contribution in [0.5, 0.6) is 0 Å². The lowest BCUT2D eigenvalue weighted by atomic mass is 10.0. The van der Waals surface area contributed by atoms with Crippen LogP contribution in [0.4, 0.5) is 4.79 Å². The van der Waals surface area contributed by atoms with Crippen LogP contribution >= 0.6 is 11.8 Å². The van der Waals surface area contributed by atoms with Crippen LogP contribution in [0.3, 0.4) is 0 Å². The number of nitrogens with zero attached hydrogens (tertiary/aromatic N) is 3. The Bertz CT molecular complexity index is 717. The van der Waals surface area contributed by atoms with Gasteiger partial charge in [0.2, 0.25) is 0 Å². The third-order valence-corrected chi connectivity index (χ3v) is 6.56. The van der Waals surface area contributed by atoms with Gasteiger partial charge in [-0.15, -0.1) is 0 Å². The van der Waals surface area contributed by atoms with Gasteiger partial charge in [-0.1, -0.05) is 12.1 Å². The Morgan fingerprint density at radius 2 is 1.96 bits per heavy atom. The van der Waals surface area contributed by atoms with Gasteiger partial charge in [-0.3, -0.25) is 4.90 Å². The minimum atomic E-state index is 0.0901. The number of thioether (sulfide) groups is 1. The number of aromatic amines is 1. The molecule has 2 aliphatic heterocycles. The fraction of sp³-hybridized carbons (Fsp3) is 0.600. The maximum Gasteiger partial charge on any atom is 0.317 e. The molecule has 2 aromatic rings. The van der Waals surface area contributed by atoms with Crippen LogP contribution in [0, 0.1) is 0 Å². The summed E-state index contributed by atoms with van der Waals surface area (Å²) in [6.45, 7) is 4.87. The molecule has 2 amide bonds. The number of hydrogen-bond acceptors (Lipinski definition) is 4. The summed E-state index contributed by atoms with van der Waals surface area (Å²) in [6.07, 6.45) is 3.96. The molecule has 27 heavy (non-hydrogen) atoms. The molecule has 3 heterocycles. The lowest BCUT2D eigenvalue weighted by molar-refractivity contribution is 0.124. The molecule has 1 aromatic heterocycles. The predicted molar refractivity (Wildman–Crippen MR) is 111 cm³/mol. The maximum atomic E-state index is 12.4. The predicted octanol–water partition coefficient (Wildman–Crippen LogP) is 2.72. The summed E-state index contributed by atoms with van der Waals surface area (Å²) in [5.41, 5.74) is 2.08. The van der Waals surface area contributed by atoms with Crippen LogP contribution in [0.15, 0.2) is 24.3 Å².